The molecule has 3 saturated heterocycles. The van der Waals surface area contributed by atoms with Crippen LogP contribution in [-0.2, 0) is 33.2 Å². The van der Waals surface area contributed by atoms with Gasteiger partial charge in [-0.2, -0.15) is 0 Å². The lowest BCUT2D eigenvalue weighted by atomic mass is 9.96. The molecule has 17 unspecified atom stereocenters. The van der Waals surface area contributed by atoms with Gasteiger partial charge in [0.25, 0.3) is 0 Å². The summed E-state index contributed by atoms with van der Waals surface area (Å²) < 4.78 is 34.1. The van der Waals surface area contributed by atoms with Gasteiger partial charge in [0.1, 0.15) is 73.2 Å². The van der Waals surface area contributed by atoms with E-state index >= 15 is 0 Å². The number of hydrogen-bond donors (Lipinski definition) is 12. The Morgan fingerprint density at radius 3 is 1.39 bits per heavy atom. The van der Waals surface area contributed by atoms with Crippen molar-refractivity contribution in [1.29, 1.82) is 0 Å². The van der Waals surface area contributed by atoms with E-state index in [1.807, 2.05) is 6.08 Å². The van der Waals surface area contributed by atoms with Crippen molar-refractivity contribution < 1.29 is 89.4 Å². The van der Waals surface area contributed by atoms with Gasteiger partial charge in [0.15, 0.2) is 18.9 Å². The maximum Gasteiger partial charge on any atom is 0.220 e. The molecule has 71 heavy (non-hydrogen) atoms. The molecule has 0 aromatic rings. The predicted octanol–water partition coefficient (Wildman–Crippen LogP) is 2.81. The second kappa shape index (κ2) is 37.1. The summed E-state index contributed by atoms with van der Waals surface area (Å²) in [6.45, 7) is 1.60. The zero-order valence-corrected chi connectivity index (χ0v) is 42.7. The van der Waals surface area contributed by atoms with Crippen LogP contribution in [0.25, 0.3) is 0 Å². The van der Waals surface area contributed by atoms with Gasteiger partial charge >= 0.3 is 0 Å². The first-order valence-electron chi connectivity index (χ1n) is 27.1. The van der Waals surface area contributed by atoms with E-state index in [-0.39, 0.29) is 18.9 Å². The summed E-state index contributed by atoms with van der Waals surface area (Å²) >= 11 is 0. The highest BCUT2D eigenvalue weighted by molar-refractivity contribution is 5.76. The van der Waals surface area contributed by atoms with Gasteiger partial charge in [0.05, 0.1) is 38.6 Å². The molecule has 0 aromatic heterocycles. The van der Waals surface area contributed by atoms with E-state index in [1.165, 1.54) is 89.9 Å². The molecule has 0 spiro atoms. The molecule has 3 aliphatic heterocycles. The fraction of sp³-hybridized carbons (Fsp3) is 0.904. The number of aliphatic hydroxyl groups excluding tert-OH is 11. The van der Waals surface area contributed by atoms with E-state index in [0.29, 0.717) is 12.8 Å². The number of unbranched alkanes of at least 4 members (excludes halogenated alkanes) is 20. The number of rotatable bonds is 38. The minimum Gasteiger partial charge on any atom is -0.394 e. The Morgan fingerprint density at radius 2 is 0.901 bits per heavy atom. The molecule has 0 bridgehead atoms. The predicted molar refractivity (Wildman–Crippen MR) is 263 cm³/mol. The molecular formula is C52H95NO18. The second-order valence-electron chi connectivity index (χ2n) is 19.7. The maximum absolute atomic E-state index is 13.2. The molecule has 19 nitrogen and oxygen atoms in total. The number of aliphatic hydroxyl groups is 11. The van der Waals surface area contributed by atoms with Gasteiger partial charge in [-0.05, 0) is 25.7 Å². The van der Waals surface area contributed by atoms with Crippen molar-refractivity contribution in [3.63, 3.8) is 0 Å². The van der Waals surface area contributed by atoms with Gasteiger partial charge in [-0.15, -0.1) is 0 Å². The Morgan fingerprint density at radius 1 is 0.493 bits per heavy atom. The van der Waals surface area contributed by atoms with E-state index in [2.05, 4.69) is 31.3 Å². The number of amides is 1. The van der Waals surface area contributed by atoms with Gasteiger partial charge < -0.3 is 89.9 Å². The first-order chi connectivity index (χ1) is 34.3. The minimum absolute atomic E-state index is 0.239. The van der Waals surface area contributed by atoms with E-state index in [9.17, 15) is 61.0 Å². The molecule has 19 heteroatoms. The average molecular weight is 1020 g/mol. The lowest BCUT2D eigenvalue weighted by Crippen LogP contribution is -2.66. The Balaban J connectivity index is 1.50. The van der Waals surface area contributed by atoms with Crippen LogP contribution in [0.1, 0.15) is 168 Å². The summed E-state index contributed by atoms with van der Waals surface area (Å²) in [4.78, 5) is 13.2. The van der Waals surface area contributed by atoms with Crippen LogP contribution in [0.3, 0.4) is 0 Å². The highest BCUT2D eigenvalue weighted by Gasteiger charge is 2.53. The SMILES string of the molecule is CCCC/C=C/CC/C=C/C(O)C(COC1OC(CO)C(OC2OC(CO)C(OC3OC(CO)C(O)C(O)C3O)C(O)C2O)C(O)C1O)NC(=O)CCCCCCCCCCCCCCCCCCCC. The fourth-order valence-corrected chi connectivity index (χ4v) is 9.19. The highest BCUT2D eigenvalue weighted by atomic mass is 16.8. The molecule has 12 N–H and O–H groups in total. The third-order valence-corrected chi connectivity index (χ3v) is 13.8. The maximum atomic E-state index is 13.2. The molecule has 0 aromatic carbocycles. The smallest absolute Gasteiger partial charge is 0.220 e. The fourth-order valence-electron chi connectivity index (χ4n) is 9.19. The molecule has 17 atom stereocenters. The summed E-state index contributed by atoms with van der Waals surface area (Å²) in [5.74, 6) is -0.288. The molecule has 3 heterocycles. The monoisotopic (exact) mass is 1020 g/mol. The van der Waals surface area contributed by atoms with Crippen LogP contribution >= 0.6 is 0 Å². The number of nitrogens with one attached hydrogen (secondary N) is 1. The lowest BCUT2D eigenvalue weighted by molar-refractivity contribution is -0.379. The normalized spacial score (nSPS) is 32.4. The number of carbonyl (C=O) groups excluding carboxylic acids is 1. The quantitative estimate of drug-likeness (QED) is 0.0313. The van der Waals surface area contributed by atoms with Crippen molar-refractivity contribution in [3.05, 3.63) is 24.3 Å². The molecule has 3 aliphatic rings. The first-order valence-corrected chi connectivity index (χ1v) is 27.1. The van der Waals surface area contributed by atoms with E-state index < -0.39 is 124 Å². The Bertz CT molecular complexity index is 1410. The molecule has 0 aliphatic carbocycles. The summed E-state index contributed by atoms with van der Waals surface area (Å²) in [6.07, 6.45) is 7.82. The van der Waals surface area contributed by atoms with Crippen molar-refractivity contribution in [3.8, 4) is 0 Å². The Kier molecular flexibility index (Phi) is 33.2. The van der Waals surface area contributed by atoms with Crippen LogP contribution in [0, 0.1) is 0 Å². The lowest BCUT2D eigenvalue weighted by Gasteiger charge is -2.48. The summed E-state index contributed by atoms with van der Waals surface area (Å²) in [7, 11) is 0. The Labute approximate surface area is 422 Å². The van der Waals surface area contributed by atoms with Crippen LogP contribution in [0.2, 0.25) is 0 Å². The van der Waals surface area contributed by atoms with E-state index in [0.717, 1.165) is 44.9 Å². The van der Waals surface area contributed by atoms with E-state index in [4.69, 9.17) is 28.4 Å². The Hall–Kier alpha value is -1.73. The van der Waals surface area contributed by atoms with Crippen molar-refractivity contribution in [2.75, 3.05) is 26.4 Å². The molecule has 0 saturated carbocycles. The van der Waals surface area contributed by atoms with Gasteiger partial charge in [0.2, 0.25) is 5.91 Å². The van der Waals surface area contributed by atoms with Gasteiger partial charge in [-0.3, -0.25) is 4.79 Å². The summed E-state index contributed by atoms with van der Waals surface area (Å²) in [6, 6.07) is -0.982. The molecule has 3 rings (SSSR count). The van der Waals surface area contributed by atoms with E-state index in [1.54, 1.807) is 6.08 Å². The molecule has 416 valence electrons. The third kappa shape index (κ3) is 22.6. The number of carbonyl (C=O) groups is 1. The zero-order valence-electron chi connectivity index (χ0n) is 42.7. The van der Waals surface area contributed by atoms with Crippen molar-refractivity contribution >= 4 is 5.91 Å². The van der Waals surface area contributed by atoms with Gasteiger partial charge in [-0.1, -0.05) is 160 Å². The second-order valence-corrected chi connectivity index (χ2v) is 19.7. The van der Waals surface area contributed by atoms with Crippen molar-refractivity contribution in [2.24, 2.45) is 0 Å². The average Bonchev–Trinajstić information content (AvgIpc) is 3.36. The van der Waals surface area contributed by atoms with Crippen molar-refractivity contribution in [2.45, 2.75) is 272 Å². The molecule has 1 amide bonds. The van der Waals surface area contributed by atoms with Crippen LogP contribution in [0.4, 0.5) is 0 Å². The third-order valence-electron chi connectivity index (χ3n) is 13.8. The van der Waals surface area contributed by atoms with Crippen LogP contribution in [-0.4, -0.2) is 193 Å². The number of hydrogen-bond acceptors (Lipinski definition) is 18. The summed E-state index contributed by atoms with van der Waals surface area (Å²) in [5.41, 5.74) is 0. The van der Waals surface area contributed by atoms with Crippen LogP contribution in [0.5, 0.6) is 0 Å². The topological polar surface area (TPSA) is 307 Å². The highest BCUT2D eigenvalue weighted by Crippen LogP contribution is 2.33. The number of ether oxygens (including phenoxy) is 6. The minimum atomic E-state index is -1.98. The number of allylic oxidation sites excluding steroid dienone is 3. The standard InChI is InChI=1S/C52H95NO18/c1-3-5-7-9-11-13-14-15-16-17-18-19-20-21-22-24-26-28-30-40(58)53-35(36(57)29-27-25-23-12-10-8-6-4-2)34-66-50-46(64)43(61)48(38(32-55)68-50)71-52-47(65)44(62)49(39(33-56)69-52)70-51-45(63)42(60)41(59)37(31-54)67-51/h10,12,27,29,35-39,41-52,54-57,59-65H,3-9,11,13-26,28,30-34H2,1-2H3,(H,53,58)/b12-10+,29-27+. The summed E-state index contributed by atoms with van der Waals surface area (Å²) in [5, 5.41) is 119. The molecular weight excluding hydrogens is 927 g/mol. The van der Waals surface area contributed by atoms with Gasteiger partial charge in [0, 0.05) is 6.42 Å². The van der Waals surface area contributed by atoms with Gasteiger partial charge in [-0.25, -0.2) is 0 Å². The first kappa shape index (κ1) is 63.6. The molecule has 0 radical (unpaired) electrons. The molecule has 3 fully saturated rings. The zero-order chi connectivity index (χ0) is 52.0. The van der Waals surface area contributed by atoms with Crippen molar-refractivity contribution in [1.82, 2.24) is 5.32 Å². The largest absolute Gasteiger partial charge is 0.394 e. The van der Waals surface area contributed by atoms with Crippen LogP contribution in [0.15, 0.2) is 24.3 Å². The van der Waals surface area contributed by atoms with Crippen LogP contribution < -0.4 is 5.32 Å².